The van der Waals surface area contributed by atoms with Crippen molar-refractivity contribution in [2.24, 2.45) is 10.9 Å². The third-order valence-electron chi connectivity index (χ3n) is 6.06. The molecule has 1 saturated carbocycles. The smallest absolute Gasteiger partial charge is 0.191 e. The lowest BCUT2D eigenvalue weighted by Crippen LogP contribution is -2.43. The number of halogens is 2. The number of ether oxygens (including phenoxy) is 1. The van der Waals surface area contributed by atoms with Crippen molar-refractivity contribution < 1.29 is 9.13 Å². The molecule has 1 heterocycles. The van der Waals surface area contributed by atoms with Crippen molar-refractivity contribution in [3.63, 3.8) is 0 Å². The lowest BCUT2D eigenvalue weighted by molar-refractivity contribution is 0.121. The Morgan fingerprint density at radius 1 is 1.24 bits per heavy atom. The fourth-order valence-electron chi connectivity index (χ4n) is 4.00. The van der Waals surface area contributed by atoms with Gasteiger partial charge in [0.25, 0.3) is 0 Å². The Morgan fingerprint density at radius 3 is 2.59 bits per heavy atom. The second kappa shape index (κ2) is 12.1. The molecule has 1 aliphatic carbocycles. The van der Waals surface area contributed by atoms with Crippen molar-refractivity contribution in [1.29, 1.82) is 0 Å². The van der Waals surface area contributed by atoms with Gasteiger partial charge >= 0.3 is 0 Å². The van der Waals surface area contributed by atoms with Gasteiger partial charge in [0, 0.05) is 32.2 Å². The molecule has 0 spiro atoms. The van der Waals surface area contributed by atoms with Crippen LogP contribution >= 0.6 is 24.0 Å². The summed E-state index contributed by atoms with van der Waals surface area (Å²) < 4.78 is 19.4. The van der Waals surface area contributed by atoms with Crippen molar-refractivity contribution in [3.05, 3.63) is 35.6 Å². The summed E-state index contributed by atoms with van der Waals surface area (Å²) in [5, 5.41) is 6.86. The minimum Gasteiger partial charge on any atom is -0.383 e. The minimum absolute atomic E-state index is 0. The molecule has 2 fully saturated rings. The first kappa shape index (κ1) is 24.3. The third kappa shape index (κ3) is 7.07. The number of hydrogen-bond donors (Lipinski definition) is 2. The maximum Gasteiger partial charge on any atom is 0.191 e. The summed E-state index contributed by atoms with van der Waals surface area (Å²) in [6, 6.07) is 7.15. The van der Waals surface area contributed by atoms with Crippen LogP contribution in [0, 0.1) is 11.7 Å². The maximum atomic E-state index is 14.2. The third-order valence-corrected chi connectivity index (χ3v) is 6.06. The lowest BCUT2D eigenvalue weighted by atomic mass is 9.95. The van der Waals surface area contributed by atoms with Gasteiger partial charge in [-0.2, -0.15) is 0 Å². The summed E-state index contributed by atoms with van der Waals surface area (Å²) in [6.07, 6.45) is 4.43. The van der Waals surface area contributed by atoms with E-state index in [4.69, 9.17) is 9.73 Å². The molecule has 1 aromatic rings. The Balaban J connectivity index is 0.00000300. The van der Waals surface area contributed by atoms with Crippen LogP contribution in [-0.4, -0.2) is 63.8 Å². The Kier molecular flexibility index (Phi) is 10.1. The minimum atomic E-state index is -0.111. The molecule has 0 amide bonds. The zero-order chi connectivity index (χ0) is 19.8. The van der Waals surface area contributed by atoms with Gasteiger partial charge in [-0.05, 0) is 63.2 Å². The van der Waals surface area contributed by atoms with Crippen LogP contribution in [-0.2, 0) is 10.2 Å². The van der Waals surface area contributed by atoms with E-state index in [1.54, 1.807) is 19.2 Å². The standard InChI is InChI=1S/C22H35FN4O.HI/c1-3-24-21(25-16-18-8-12-27(13-9-18)14-15-28-2)26-17-22(10-11-22)19-6-4-5-7-20(19)23;/h4-7,18H,3,8-17H2,1-2H3,(H2,24,25,26);1H. The molecular formula is C22H36FIN4O. The molecule has 3 rings (SSSR count). The molecular weight excluding hydrogens is 482 g/mol. The highest BCUT2D eigenvalue weighted by Gasteiger charge is 2.45. The highest BCUT2D eigenvalue weighted by Crippen LogP contribution is 2.49. The van der Waals surface area contributed by atoms with Gasteiger partial charge in [-0.25, -0.2) is 4.39 Å². The van der Waals surface area contributed by atoms with Crippen LogP contribution in [0.4, 0.5) is 4.39 Å². The van der Waals surface area contributed by atoms with Gasteiger partial charge in [-0.15, -0.1) is 24.0 Å². The monoisotopic (exact) mass is 518 g/mol. The number of nitrogens with one attached hydrogen (secondary N) is 2. The predicted molar refractivity (Wildman–Crippen MR) is 128 cm³/mol. The normalized spacial score (nSPS) is 19.5. The van der Waals surface area contributed by atoms with E-state index < -0.39 is 0 Å². The predicted octanol–water partition coefficient (Wildman–Crippen LogP) is 3.39. The van der Waals surface area contributed by atoms with E-state index in [2.05, 4.69) is 22.5 Å². The topological polar surface area (TPSA) is 48.9 Å². The zero-order valence-electron chi connectivity index (χ0n) is 17.8. The van der Waals surface area contributed by atoms with E-state index in [1.807, 2.05) is 12.1 Å². The Bertz CT molecular complexity index is 645. The summed E-state index contributed by atoms with van der Waals surface area (Å²) >= 11 is 0. The fraction of sp³-hybridized carbons (Fsp3) is 0.682. The van der Waals surface area contributed by atoms with Crippen molar-refractivity contribution in [2.45, 2.75) is 38.0 Å². The van der Waals surface area contributed by atoms with Crippen molar-refractivity contribution in [3.8, 4) is 0 Å². The number of guanidine groups is 1. The summed E-state index contributed by atoms with van der Waals surface area (Å²) in [5.41, 5.74) is 0.707. The van der Waals surface area contributed by atoms with E-state index >= 15 is 0 Å². The quantitative estimate of drug-likeness (QED) is 0.299. The average Bonchev–Trinajstić information content (AvgIpc) is 3.50. The van der Waals surface area contributed by atoms with E-state index in [9.17, 15) is 4.39 Å². The maximum absolute atomic E-state index is 14.2. The summed E-state index contributed by atoms with van der Waals surface area (Å²) in [6.45, 7) is 8.60. The number of piperidine rings is 1. The molecule has 29 heavy (non-hydrogen) atoms. The van der Waals surface area contributed by atoms with E-state index in [0.29, 0.717) is 12.5 Å². The van der Waals surface area contributed by atoms with E-state index in [0.717, 1.165) is 63.7 Å². The second-order valence-corrected chi connectivity index (χ2v) is 8.11. The van der Waals surface area contributed by atoms with Crippen molar-refractivity contribution in [2.75, 3.05) is 53.0 Å². The van der Waals surface area contributed by atoms with E-state index in [1.165, 1.54) is 12.8 Å². The summed E-state index contributed by atoms with van der Waals surface area (Å²) in [7, 11) is 1.76. The Labute approximate surface area is 191 Å². The first-order chi connectivity index (χ1) is 13.7. The number of likely N-dealkylation sites (tertiary alicyclic amines) is 1. The van der Waals surface area contributed by atoms with Gasteiger partial charge in [0.15, 0.2) is 5.96 Å². The van der Waals surface area contributed by atoms with Crippen LogP contribution in [0.25, 0.3) is 0 Å². The molecule has 0 bridgehead atoms. The molecule has 1 saturated heterocycles. The number of rotatable bonds is 9. The molecule has 7 heteroatoms. The molecule has 2 N–H and O–H groups in total. The van der Waals surface area contributed by atoms with Gasteiger partial charge < -0.3 is 20.3 Å². The van der Waals surface area contributed by atoms with Gasteiger partial charge in [-0.3, -0.25) is 4.99 Å². The first-order valence-corrected chi connectivity index (χ1v) is 10.7. The van der Waals surface area contributed by atoms with Crippen LogP contribution in [0.5, 0.6) is 0 Å². The number of hydrogen-bond acceptors (Lipinski definition) is 3. The molecule has 0 aromatic heterocycles. The highest BCUT2D eigenvalue weighted by atomic mass is 127. The molecule has 2 aliphatic rings. The van der Waals surface area contributed by atoms with Crippen LogP contribution in [0.3, 0.4) is 0 Å². The van der Waals surface area contributed by atoms with Gasteiger partial charge in [0.2, 0.25) is 0 Å². The molecule has 5 nitrogen and oxygen atoms in total. The van der Waals surface area contributed by atoms with Crippen LogP contribution in [0.15, 0.2) is 29.3 Å². The van der Waals surface area contributed by atoms with Crippen molar-refractivity contribution >= 4 is 29.9 Å². The number of benzene rings is 1. The van der Waals surface area contributed by atoms with Crippen LogP contribution in [0.1, 0.15) is 38.2 Å². The SMILES string of the molecule is CCNC(=NCC1(c2ccccc2F)CC1)NCC1CCN(CCOC)CC1.I. The zero-order valence-corrected chi connectivity index (χ0v) is 20.1. The molecule has 164 valence electrons. The first-order valence-electron chi connectivity index (χ1n) is 10.7. The van der Waals surface area contributed by atoms with Crippen LogP contribution < -0.4 is 10.6 Å². The van der Waals surface area contributed by atoms with Gasteiger partial charge in [0.1, 0.15) is 5.82 Å². The van der Waals surface area contributed by atoms with Gasteiger partial charge in [0.05, 0.1) is 13.2 Å². The number of methoxy groups -OCH3 is 1. The number of nitrogens with zero attached hydrogens (tertiary/aromatic N) is 2. The lowest BCUT2D eigenvalue weighted by Gasteiger charge is -2.32. The summed E-state index contributed by atoms with van der Waals surface area (Å²) in [4.78, 5) is 7.28. The van der Waals surface area contributed by atoms with Gasteiger partial charge in [-0.1, -0.05) is 18.2 Å². The highest BCUT2D eigenvalue weighted by molar-refractivity contribution is 14.0. The average molecular weight is 518 g/mol. The summed E-state index contributed by atoms with van der Waals surface area (Å²) in [5.74, 6) is 1.42. The van der Waals surface area contributed by atoms with Crippen LogP contribution in [0.2, 0.25) is 0 Å². The molecule has 1 aromatic carbocycles. The second-order valence-electron chi connectivity index (χ2n) is 8.11. The Hall–Kier alpha value is -0.930. The fourth-order valence-corrected chi connectivity index (χ4v) is 4.00. The number of aliphatic imine (C=N–C) groups is 1. The molecule has 0 atom stereocenters. The largest absolute Gasteiger partial charge is 0.383 e. The molecule has 1 aliphatic heterocycles. The molecule has 0 unspecified atom stereocenters. The molecule has 0 radical (unpaired) electrons. The Morgan fingerprint density at radius 2 is 1.97 bits per heavy atom. The van der Waals surface area contributed by atoms with Crippen molar-refractivity contribution in [1.82, 2.24) is 15.5 Å². The van der Waals surface area contributed by atoms with E-state index in [-0.39, 0.29) is 35.2 Å².